The highest BCUT2D eigenvalue weighted by Gasteiger charge is 2.13. The summed E-state index contributed by atoms with van der Waals surface area (Å²) in [5, 5.41) is 8.83. The smallest absolute Gasteiger partial charge is 0.123 e. The van der Waals surface area contributed by atoms with Gasteiger partial charge in [0.2, 0.25) is 0 Å². The summed E-state index contributed by atoms with van der Waals surface area (Å²) in [6.07, 6.45) is 0.557. The topological polar surface area (TPSA) is 55.5 Å². The fraction of sp³-hybridized carbons (Fsp3) is 0.455. The monoisotopic (exact) mass is 195 g/mol. The summed E-state index contributed by atoms with van der Waals surface area (Å²) in [5.41, 5.74) is 8.03. The van der Waals surface area contributed by atoms with E-state index < -0.39 is 0 Å². The second-order valence-electron chi connectivity index (χ2n) is 3.31. The summed E-state index contributed by atoms with van der Waals surface area (Å²) >= 11 is 0. The van der Waals surface area contributed by atoms with Crippen LogP contribution in [0.2, 0.25) is 0 Å². The van der Waals surface area contributed by atoms with E-state index in [0.717, 1.165) is 16.9 Å². The van der Waals surface area contributed by atoms with Gasteiger partial charge < -0.3 is 15.6 Å². The number of aliphatic hydroxyl groups excluding tert-OH is 1. The van der Waals surface area contributed by atoms with Crippen LogP contribution in [0, 0.1) is 6.92 Å². The van der Waals surface area contributed by atoms with Gasteiger partial charge in [0.1, 0.15) is 5.75 Å². The van der Waals surface area contributed by atoms with Crippen molar-refractivity contribution >= 4 is 0 Å². The Hall–Kier alpha value is -1.06. The first-order valence-corrected chi connectivity index (χ1v) is 4.70. The van der Waals surface area contributed by atoms with Crippen molar-refractivity contribution in [2.45, 2.75) is 19.4 Å². The van der Waals surface area contributed by atoms with Gasteiger partial charge >= 0.3 is 0 Å². The number of methoxy groups -OCH3 is 1. The van der Waals surface area contributed by atoms with Crippen LogP contribution < -0.4 is 10.5 Å². The number of hydrogen-bond acceptors (Lipinski definition) is 3. The van der Waals surface area contributed by atoms with Crippen LogP contribution in [-0.2, 0) is 0 Å². The molecule has 0 aliphatic rings. The maximum Gasteiger partial charge on any atom is 0.123 e. The van der Waals surface area contributed by atoms with Gasteiger partial charge in [0.15, 0.2) is 0 Å². The van der Waals surface area contributed by atoms with Crippen molar-refractivity contribution in [3.63, 3.8) is 0 Å². The normalized spacial score (nSPS) is 12.6. The van der Waals surface area contributed by atoms with Crippen molar-refractivity contribution in [3.05, 3.63) is 29.3 Å². The molecule has 0 saturated carbocycles. The van der Waals surface area contributed by atoms with Gasteiger partial charge in [-0.05, 0) is 25.0 Å². The van der Waals surface area contributed by atoms with E-state index >= 15 is 0 Å². The highest BCUT2D eigenvalue weighted by Crippen LogP contribution is 2.28. The minimum absolute atomic E-state index is 0.0959. The van der Waals surface area contributed by atoms with Gasteiger partial charge in [-0.2, -0.15) is 0 Å². The standard InChI is InChI=1S/C11H17NO2/c1-8-4-3-5-10(14-2)11(8)9(12)6-7-13/h3-5,9,13H,6-7,12H2,1-2H3. The second kappa shape index (κ2) is 4.98. The fourth-order valence-corrected chi connectivity index (χ4v) is 1.59. The number of ether oxygens (including phenoxy) is 1. The number of rotatable bonds is 4. The third kappa shape index (κ3) is 2.25. The van der Waals surface area contributed by atoms with Crippen molar-refractivity contribution < 1.29 is 9.84 Å². The number of hydrogen-bond donors (Lipinski definition) is 2. The van der Waals surface area contributed by atoms with E-state index in [2.05, 4.69) is 0 Å². The van der Waals surface area contributed by atoms with Gasteiger partial charge in [-0.3, -0.25) is 0 Å². The fourth-order valence-electron chi connectivity index (χ4n) is 1.59. The first kappa shape index (κ1) is 11.0. The number of aliphatic hydroxyl groups is 1. The van der Waals surface area contributed by atoms with E-state index in [4.69, 9.17) is 15.6 Å². The van der Waals surface area contributed by atoms with Crippen LogP contribution >= 0.6 is 0 Å². The molecule has 0 radical (unpaired) electrons. The van der Waals surface area contributed by atoms with Gasteiger partial charge in [-0.1, -0.05) is 12.1 Å². The molecule has 1 unspecified atom stereocenters. The quantitative estimate of drug-likeness (QED) is 0.763. The lowest BCUT2D eigenvalue weighted by atomic mass is 9.98. The molecule has 1 rings (SSSR count). The Balaban J connectivity index is 3.03. The molecule has 0 saturated heterocycles. The Morgan fingerprint density at radius 1 is 1.50 bits per heavy atom. The summed E-state index contributed by atoms with van der Waals surface area (Å²) in [7, 11) is 1.63. The zero-order valence-corrected chi connectivity index (χ0v) is 8.66. The van der Waals surface area contributed by atoms with Gasteiger partial charge in [-0.25, -0.2) is 0 Å². The van der Waals surface area contributed by atoms with Crippen LogP contribution in [0.3, 0.4) is 0 Å². The molecule has 0 fully saturated rings. The number of benzene rings is 1. The molecule has 0 heterocycles. The predicted molar refractivity (Wildman–Crippen MR) is 56.4 cm³/mol. The van der Waals surface area contributed by atoms with Crippen LogP contribution in [0.4, 0.5) is 0 Å². The summed E-state index contributed by atoms with van der Waals surface area (Å²) in [5.74, 6) is 0.797. The maximum atomic E-state index is 8.83. The summed E-state index contributed by atoms with van der Waals surface area (Å²) in [6, 6.07) is 5.66. The molecular formula is C11H17NO2. The molecule has 1 aromatic rings. The molecular weight excluding hydrogens is 178 g/mol. The molecule has 0 bridgehead atoms. The van der Waals surface area contributed by atoms with Crippen molar-refractivity contribution in [2.75, 3.05) is 13.7 Å². The Labute approximate surface area is 84.5 Å². The summed E-state index contributed by atoms with van der Waals surface area (Å²) in [6.45, 7) is 2.09. The third-order valence-electron chi connectivity index (χ3n) is 2.31. The second-order valence-corrected chi connectivity index (χ2v) is 3.31. The first-order valence-electron chi connectivity index (χ1n) is 4.70. The van der Waals surface area contributed by atoms with E-state index in [1.807, 2.05) is 25.1 Å². The zero-order chi connectivity index (χ0) is 10.6. The van der Waals surface area contributed by atoms with Gasteiger partial charge in [0.25, 0.3) is 0 Å². The molecule has 1 aromatic carbocycles. The number of aryl methyl sites for hydroxylation is 1. The Morgan fingerprint density at radius 2 is 2.21 bits per heavy atom. The lowest BCUT2D eigenvalue weighted by Gasteiger charge is -2.17. The molecule has 3 heteroatoms. The van der Waals surface area contributed by atoms with Crippen LogP contribution in [0.15, 0.2) is 18.2 Å². The Kier molecular flexibility index (Phi) is 3.92. The average molecular weight is 195 g/mol. The highest BCUT2D eigenvalue weighted by atomic mass is 16.5. The van der Waals surface area contributed by atoms with E-state index in [0.29, 0.717) is 6.42 Å². The van der Waals surface area contributed by atoms with Crippen molar-refractivity contribution in [3.8, 4) is 5.75 Å². The van der Waals surface area contributed by atoms with Gasteiger partial charge in [0.05, 0.1) is 7.11 Å². The summed E-state index contributed by atoms with van der Waals surface area (Å²) < 4.78 is 5.23. The molecule has 0 aromatic heterocycles. The lowest BCUT2D eigenvalue weighted by Crippen LogP contribution is -2.14. The van der Waals surface area contributed by atoms with E-state index in [1.54, 1.807) is 7.11 Å². The van der Waals surface area contributed by atoms with E-state index in [9.17, 15) is 0 Å². The third-order valence-corrected chi connectivity index (χ3v) is 2.31. The van der Waals surface area contributed by atoms with Crippen LogP contribution in [0.25, 0.3) is 0 Å². The van der Waals surface area contributed by atoms with Crippen molar-refractivity contribution in [1.82, 2.24) is 0 Å². The predicted octanol–water partition coefficient (Wildman–Crippen LogP) is 1.39. The van der Waals surface area contributed by atoms with Crippen molar-refractivity contribution in [1.29, 1.82) is 0 Å². The van der Waals surface area contributed by atoms with E-state index in [-0.39, 0.29) is 12.6 Å². The van der Waals surface area contributed by atoms with Crippen molar-refractivity contribution in [2.24, 2.45) is 5.73 Å². The SMILES string of the molecule is COc1cccc(C)c1C(N)CCO. The van der Waals surface area contributed by atoms with Crippen LogP contribution in [-0.4, -0.2) is 18.8 Å². The van der Waals surface area contributed by atoms with Crippen LogP contribution in [0.1, 0.15) is 23.6 Å². The molecule has 0 aliphatic carbocycles. The summed E-state index contributed by atoms with van der Waals surface area (Å²) in [4.78, 5) is 0. The molecule has 3 nitrogen and oxygen atoms in total. The average Bonchev–Trinajstić information content (AvgIpc) is 2.17. The molecule has 0 aliphatic heterocycles. The Morgan fingerprint density at radius 3 is 2.79 bits per heavy atom. The van der Waals surface area contributed by atoms with E-state index in [1.165, 1.54) is 0 Å². The minimum atomic E-state index is -0.156. The largest absolute Gasteiger partial charge is 0.496 e. The minimum Gasteiger partial charge on any atom is -0.496 e. The molecule has 3 N–H and O–H groups in total. The number of nitrogens with two attached hydrogens (primary N) is 1. The lowest BCUT2D eigenvalue weighted by molar-refractivity contribution is 0.275. The zero-order valence-electron chi connectivity index (χ0n) is 8.66. The van der Waals surface area contributed by atoms with Crippen LogP contribution in [0.5, 0.6) is 5.75 Å². The molecule has 0 spiro atoms. The molecule has 1 atom stereocenters. The molecule has 78 valence electrons. The maximum absolute atomic E-state index is 8.83. The molecule has 0 amide bonds. The van der Waals surface area contributed by atoms with Gasteiger partial charge in [-0.15, -0.1) is 0 Å². The highest BCUT2D eigenvalue weighted by molar-refractivity contribution is 5.41. The Bertz CT molecular complexity index is 299. The molecule has 14 heavy (non-hydrogen) atoms. The van der Waals surface area contributed by atoms with Gasteiger partial charge in [0, 0.05) is 18.2 Å². The first-order chi connectivity index (χ1) is 6.70.